The van der Waals surface area contributed by atoms with Crippen LogP contribution in [0.25, 0.3) is 0 Å². The van der Waals surface area contributed by atoms with E-state index < -0.39 is 0 Å². The molecule has 304 valence electrons. The molecule has 4 aliphatic carbocycles. The summed E-state index contributed by atoms with van der Waals surface area (Å²) in [5, 5.41) is 3.19. The predicted octanol–water partition coefficient (Wildman–Crippen LogP) is 11.4. The molecule has 0 aromatic heterocycles. The van der Waals surface area contributed by atoms with E-state index in [1.807, 2.05) is 41.8 Å². The van der Waals surface area contributed by atoms with Gasteiger partial charge in [-0.05, 0) is 91.1 Å². The van der Waals surface area contributed by atoms with Crippen molar-refractivity contribution in [1.29, 1.82) is 0 Å². The molecule has 0 heterocycles. The van der Waals surface area contributed by atoms with Gasteiger partial charge < -0.3 is 49.7 Å². The molecule has 0 spiro atoms. The number of hydrogen-bond donors (Lipinski definition) is 1. The molecule has 0 unspecified atom stereocenters. The summed E-state index contributed by atoms with van der Waals surface area (Å²) in [6, 6.07) is 0. The number of nitrogens with zero attached hydrogens (tertiary/aromatic N) is 3. The van der Waals surface area contributed by atoms with Crippen LogP contribution in [-0.4, -0.2) is 88.1 Å². The van der Waals surface area contributed by atoms with Crippen molar-refractivity contribution >= 4 is 5.91 Å². The molecule has 1 N–H and O–H groups in total. The maximum absolute atomic E-state index is 11.0. The molecule has 0 aromatic rings. The summed E-state index contributed by atoms with van der Waals surface area (Å²) in [5.74, 6) is 2.09. The number of hydrogen-bond acceptors (Lipinski definition) is 4. The molecule has 0 bridgehead atoms. The second kappa shape index (κ2) is 52.7. The molecule has 4 aliphatic rings. The first kappa shape index (κ1) is 67.5. The Kier molecular flexibility index (Phi) is 72.7. The first-order chi connectivity index (χ1) is 20.9. The molecule has 49 heavy (non-hydrogen) atoms. The summed E-state index contributed by atoms with van der Waals surface area (Å²) in [5.41, 5.74) is 0. The molecule has 0 radical (unpaired) electrons. The van der Waals surface area contributed by atoms with Crippen LogP contribution in [0.3, 0.4) is 0 Å². The van der Waals surface area contributed by atoms with Crippen LogP contribution in [0.2, 0.25) is 0 Å². The largest absolute Gasteiger partial charge is 2.00 e. The van der Waals surface area contributed by atoms with E-state index in [2.05, 4.69) is 29.2 Å². The molecule has 0 aliphatic heterocycles. The minimum Gasteiger partial charge on any atom is -0.358 e. The Morgan fingerprint density at radius 1 is 0.531 bits per heavy atom. The monoisotopic (exact) mass is 783 g/mol. The molecule has 1 amide bonds. The van der Waals surface area contributed by atoms with Gasteiger partial charge in [0.15, 0.2) is 0 Å². The normalized spacial score (nSPS) is 15.7. The third-order valence-corrected chi connectivity index (χ3v) is 9.13. The third-order valence-electron chi connectivity index (χ3n) is 9.13. The zero-order valence-electron chi connectivity index (χ0n) is 36.0. The van der Waals surface area contributed by atoms with Crippen LogP contribution < -0.4 is 5.32 Å². The molecular weight excluding hydrogens is 688 g/mol. The van der Waals surface area contributed by atoms with Crippen molar-refractivity contribution in [2.75, 3.05) is 67.5 Å². The molecule has 0 saturated heterocycles. The maximum Gasteiger partial charge on any atom is 2.00 e. The zero-order valence-corrected chi connectivity index (χ0v) is 38.2. The van der Waals surface area contributed by atoms with Crippen molar-refractivity contribution < 1.29 is 38.9 Å². The molecular formula is C42H94Fe2N4O. The average Bonchev–Trinajstić information content (AvgIpc) is 3.86. The Bertz CT molecular complexity index is 526. The minimum absolute atomic E-state index is 0. The molecule has 0 aromatic carbocycles. The fourth-order valence-electron chi connectivity index (χ4n) is 6.48. The van der Waals surface area contributed by atoms with Crippen LogP contribution in [-0.2, 0) is 38.9 Å². The Labute approximate surface area is 335 Å². The van der Waals surface area contributed by atoms with Crippen LogP contribution in [0.5, 0.6) is 0 Å². The number of carbonyl (C=O) groups is 1. The van der Waals surface area contributed by atoms with E-state index in [-0.39, 0.29) is 69.8 Å². The predicted molar refractivity (Wildman–Crippen MR) is 220 cm³/mol. The molecule has 4 rings (SSSR count). The first-order valence-corrected chi connectivity index (χ1v) is 19.2. The van der Waals surface area contributed by atoms with Gasteiger partial charge in [-0.1, -0.05) is 118 Å². The van der Waals surface area contributed by atoms with E-state index in [0.717, 1.165) is 37.9 Å². The number of rotatable bonds is 12. The summed E-state index contributed by atoms with van der Waals surface area (Å²) >= 11 is 0. The summed E-state index contributed by atoms with van der Waals surface area (Å²) < 4.78 is 0. The van der Waals surface area contributed by atoms with Crippen LogP contribution in [0.15, 0.2) is 0 Å². The molecule has 7 heteroatoms. The Morgan fingerprint density at radius 3 is 1.08 bits per heavy atom. The van der Waals surface area contributed by atoms with E-state index in [1.165, 1.54) is 142 Å². The van der Waals surface area contributed by atoms with E-state index in [1.54, 1.807) is 11.8 Å². The van der Waals surface area contributed by atoms with Gasteiger partial charge in [-0.3, -0.25) is 4.79 Å². The summed E-state index contributed by atoms with van der Waals surface area (Å²) in [7, 11) is 8.36. The molecule has 4 saturated carbocycles. The smallest absolute Gasteiger partial charge is 0.358 e. The van der Waals surface area contributed by atoms with Gasteiger partial charge in [0.1, 0.15) is 0 Å². The Hall–Kier alpha value is 0.389. The molecule has 0 atom stereocenters. The van der Waals surface area contributed by atoms with Crippen LogP contribution in [0.1, 0.15) is 163 Å². The Morgan fingerprint density at radius 2 is 0.816 bits per heavy atom. The second-order valence-electron chi connectivity index (χ2n) is 13.1. The van der Waals surface area contributed by atoms with Crippen molar-refractivity contribution in [3.63, 3.8) is 0 Å². The number of amides is 1. The van der Waals surface area contributed by atoms with E-state index in [0.29, 0.717) is 0 Å². The van der Waals surface area contributed by atoms with E-state index >= 15 is 0 Å². The standard InChI is InChI=1S/C13H26N2O.C11H24N2.2C5H10.2C2H6.4CH3.2Fe/c1-12(16)15(3)10-6-9-14(2)11-13-7-4-5-8-13;1-12-8-5-9-13(2)10-11-6-3-4-7-11;2*1-2-4-5-3-1;2*1-2;;;;;;/h13H,4-11H2,1-3H3;11-12H,3-10H2,1-2H3;2*1-5H2;2*1-2H3;4*1H3;;/q;;;;;;4*-1;2*+2. The van der Waals surface area contributed by atoms with Crippen molar-refractivity contribution in [2.24, 2.45) is 11.8 Å². The summed E-state index contributed by atoms with van der Waals surface area (Å²) in [6.45, 7) is 16.6. The first-order valence-electron chi connectivity index (χ1n) is 19.2. The third kappa shape index (κ3) is 46.4. The van der Waals surface area contributed by atoms with Crippen LogP contribution >= 0.6 is 0 Å². The molecule has 4 fully saturated rings. The summed E-state index contributed by atoms with van der Waals surface area (Å²) in [6.07, 6.45) is 28.9. The van der Waals surface area contributed by atoms with Gasteiger partial charge in [0.25, 0.3) is 0 Å². The number of nitrogens with one attached hydrogen (secondary N) is 1. The SMILES string of the molecule is C1CCCC1.C1CCCC1.CC.CC.CC(=O)N(C)CCCN(C)CC1CCCC1.CNCCCN(C)CC1CCCC1.[CH3-].[CH3-].[CH3-].[CH3-].[Fe+2].[Fe+2]. The van der Waals surface area contributed by atoms with Gasteiger partial charge in [0.2, 0.25) is 5.91 Å². The fourth-order valence-corrected chi connectivity index (χ4v) is 6.48. The van der Waals surface area contributed by atoms with Crippen molar-refractivity contribution in [3.05, 3.63) is 29.7 Å². The zero-order chi connectivity index (χ0) is 32.6. The van der Waals surface area contributed by atoms with E-state index in [9.17, 15) is 4.79 Å². The Balaban J connectivity index is -0.0000000762. The summed E-state index contributed by atoms with van der Waals surface area (Å²) in [4.78, 5) is 17.7. The van der Waals surface area contributed by atoms with Gasteiger partial charge >= 0.3 is 34.1 Å². The van der Waals surface area contributed by atoms with Gasteiger partial charge in [-0.15, -0.1) is 0 Å². The van der Waals surface area contributed by atoms with Gasteiger partial charge in [0.05, 0.1) is 0 Å². The van der Waals surface area contributed by atoms with Crippen molar-refractivity contribution in [3.8, 4) is 0 Å². The molecule has 5 nitrogen and oxygen atoms in total. The van der Waals surface area contributed by atoms with Gasteiger partial charge in [0, 0.05) is 33.6 Å². The van der Waals surface area contributed by atoms with E-state index in [4.69, 9.17) is 0 Å². The van der Waals surface area contributed by atoms with Crippen molar-refractivity contribution in [1.82, 2.24) is 20.0 Å². The van der Waals surface area contributed by atoms with Crippen molar-refractivity contribution in [2.45, 2.75) is 163 Å². The maximum atomic E-state index is 11.0. The fraction of sp³-hybridized carbons (Fsp3) is 0.881. The minimum atomic E-state index is 0. The van der Waals surface area contributed by atoms with Gasteiger partial charge in [-0.2, -0.15) is 0 Å². The average molecular weight is 783 g/mol. The van der Waals surface area contributed by atoms with Crippen LogP contribution in [0, 0.1) is 41.5 Å². The topological polar surface area (TPSA) is 38.8 Å². The number of carbonyl (C=O) groups excluding carboxylic acids is 1. The quantitative estimate of drug-likeness (QED) is 0.122. The second-order valence-corrected chi connectivity index (χ2v) is 13.1. The van der Waals surface area contributed by atoms with Crippen LogP contribution in [0.4, 0.5) is 0 Å². The van der Waals surface area contributed by atoms with Gasteiger partial charge in [-0.25, -0.2) is 0 Å².